The van der Waals surface area contributed by atoms with Gasteiger partial charge in [0.25, 0.3) is 0 Å². The van der Waals surface area contributed by atoms with E-state index in [1.54, 1.807) is 6.92 Å². The van der Waals surface area contributed by atoms with Crippen LogP contribution in [-0.4, -0.2) is 37.5 Å². The highest BCUT2D eigenvalue weighted by Gasteiger charge is 2.28. The maximum absolute atomic E-state index is 12.1. The summed E-state index contributed by atoms with van der Waals surface area (Å²) in [5.74, 6) is 0. The number of sulfonamides is 1. The van der Waals surface area contributed by atoms with Crippen LogP contribution >= 0.6 is 0 Å². The molecular weight excluding hydrogens is 240 g/mol. The summed E-state index contributed by atoms with van der Waals surface area (Å²) in [6.07, 6.45) is 5.33. The van der Waals surface area contributed by atoms with Crippen molar-refractivity contribution in [1.29, 1.82) is 0 Å². The van der Waals surface area contributed by atoms with Crippen molar-refractivity contribution in [2.75, 3.05) is 13.1 Å². The Kier molecular flexibility index (Phi) is 3.70. The van der Waals surface area contributed by atoms with Crippen LogP contribution in [0.4, 0.5) is 0 Å². The van der Waals surface area contributed by atoms with Crippen LogP contribution in [-0.2, 0) is 10.0 Å². The lowest BCUT2D eigenvalue weighted by atomic mass is 10.3. The lowest BCUT2D eigenvalue weighted by Crippen LogP contribution is -2.38. The van der Waals surface area contributed by atoms with Crippen LogP contribution in [0.1, 0.15) is 24.3 Å². The van der Waals surface area contributed by atoms with Crippen LogP contribution in [0.5, 0.6) is 0 Å². The van der Waals surface area contributed by atoms with Gasteiger partial charge in [-0.1, -0.05) is 0 Å². The van der Waals surface area contributed by atoms with Gasteiger partial charge >= 0.3 is 0 Å². The van der Waals surface area contributed by atoms with Crippen molar-refractivity contribution in [1.82, 2.24) is 20.0 Å². The summed E-state index contributed by atoms with van der Waals surface area (Å²) in [6, 6.07) is -0.0147. The van der Waals surface area contributed by atoms with Crippen LogP contribution in [0.25, 0.3) is 0 Å². The second-order valence-corrected chi connectivity index (χ2v) is 6.16. The second-order valence-electron chi connectivity index (χ2n) is 4.13. The van der Waals surface area contributed by atoms with Crippen LogP contribution in [0, 0.1) is 0 Å². The lowest BCUT2D eigenvalue weighted by molar-refractivity contribution is 0.549. The zero-order valence-corrected chi connectivity index (χ0v) is 10.4. The topological polar surface area (TPSA) is 84.0 Å². The van der Waals surface area contributed by atoms with Gasteiger partial charge in [0, 0.05) is 31.2 Å². The smallest absolute Gasteiger partial charge is 0.220 e. The molecule has 1 aliphatic rings. The van der Waals surface area contributed by atoms with Gasteiger partial charge in [-0.15, -0.1) is 0 Å². The molecule has 6 nitrogen and oxygen atoms in total. The minimum atomic E-state index is -3.39. The minimum absolute atomic E-state index is 0.0147. The average molecular weight is 256 g/mol. The summed E-state index contributed by atoms with van der Waals surface area (Å²) in [5.41, 5.74) is 0.464. The Morgan fingerprint density at radius 3 is 2.94 bits per heavy atom. The molecule has 2 rings (SSSR count). The maximum atomic E-state index is 12.1. The van der Waals surface area contributed by atoms with E-state index in [1.807, 2.05) is 0 Å². The van der Waals surface area contributed by atoms with Crippen molar-refractivity contribution in [3.05, 3.63) is 24.3 Å². The van der Waals surface area contributed by atoms with Crippen molar-refractivity contribution >= 4 is 10.0 Å². The summed E-state index contributed by atoms with van der Waals surface area (Å²) in [5, 5.41) is 2.44. The Bertz CT molecular complexity index is 456. The van der Waals surface area contributed by atoms with Crippen LogP contribution < -0.4 is 10.0 Å². The number of nitrogens with one attached hydrogen (secondary N) is 2. The van der Waals surface area contributed by atoms with Crippen molar-refractivity contribution in [2.24, 2.45) is 0 Å². The Morgan fingerprint density at radius 1 is 1.53 bits per heavy atom. The molecular formula is C10H16N4O2S. The molecule has 0 aliphatic carbocycles. The first-order valence-corrected chi connectivity index (χ1v) is 7.12. The summed E-state index contributed by atoms with van der Waals surface area (Å²) in [4.78, 5) is 7.91. The SMILES string of the molecule is C[C@@H](c1cnccn1)S(=O)(=O)N[C@@H]1CCNC1. The molecule has 2 N–H and O–H groups in total. The normalized spacial score (nSPS) is 22.5. The molecule has 0 saturated carbocycles. The third kappa shape index (κ3) is 2.99. The Balaban J connectivity index is 2.09. The van der Waals surface area contributed by atoms with Crippen molar-refractivity contribution < 1.29 is 8.42 Å². The zero-order chi connectivity index (χ0) is 12.3. The quantitative estimate of drug-likeness (QED) is 0.780. The van der Waals surface area contributed by atoms with Gasteiger partial charge in [0.05, 0.1) is 5.69 Å². The van der Waals surface area contributed by atoms with Gasteiger partial charge in [-0.05, 0) is 19.9 Å². The van der Waals surface area contributed by atoms with E-state index in [-0.39, 0.29) is 6.04 Å². The maximum Gasteiger partial charge on any atom is 0.220 e. The predicted molar refractivity (Wildman–Crippen MR) is 63.8 cm³/mol. The van der Waals surface area contributed by atoms with Gasteiger partial charge in [-0.2, -0.15) is 0 Å². The second kappa shape index (κ2) is 5.07. The summed E-state index contributed by atoms with van der Waals surface area (Å²) < 4.78 is 26.9. The Morgan fingerprint density at radius 2 is 2.35 bits per heavy atom. The predicted octanol–water partition coefficient (Wildman–Crippen LogP) is -0.181. The molecule has 17 heavy (non-hydrogen) atoms. The van der Waals surface area contributed by atoms with Crippen molar-refractivity contribution in [3.8, 4) is 0 Å². The number of rotatable bonds is 4. The van der Waals surface area contributed by atoms with Crippen molar-refractivity contribution in [2.45, 2.75) is 24.6 Å². The molecule has 0 amide bonds. The molecule has 0 radical (unpaired) electrons. The molecule has 1 aromatic heterocycles. The van der Waals surface area contributed by atoms with Gasteiger partial charge in [-0.25, -0.2) is 13.1 Å². The van der Waals surface area contributed by atoms with Crippen molar-refractivity contribution in [3.63, 3.8) is 0 Å². The number of nitrogens with zero attached hydrogens (tertiary/aromatic N) is 2. The third-order valence-electron chi connectivity index (χ3n) is 2.86. The van der Waals surface area contributed by atoms with E-state index in [9.17, 15) is 8.42 Å². The molecule has 1 aromatic rings. The highest BCUT2D eigenvalue weighted by Crippen LogP contribution is 2.18. The molecule has 0 bridgehead atoms. The van der Waals surface area contributed by atoms with E-state index < -0.39 is 15.3 Å². The van der Waals surface area contributed by atoms with Crippen LogP contribution in [0.15, 0.2) is 18.6 Å². The van der Waals surface area contributed by atoms with Crippen LogP contribution in [0.2, 0.25) is 0 Å². The molecule has 94 valence electrons. The number of hydrogen-bond acceptors (Lipinski definition) is 5. The molecule has 1 aliphatic heterocycles. The molecule has 1 fully saturated rings. The summed E-state index contributed by atoms with van der Waals surface area (Å²) >= 11 is 0. The van der Waals surface area contributed by atoms with E-state index in [0.717, 1.165) is 13.0 Å². The molecule has 2 heterocycles. The average Bonchev–Trinajstić information content (AvgIpc) is 2.81. The van der Waals surface area contributed by atoms with Gasteiger partial charge in [0.2, 0.25) is 10.0 Å². The van der Waals surface area contributed by atoms with Gasteiger partial charge in [0.1, 0.15) is 5.25 Å². The lowest BCUT2D eigenvalue weighted by Gasteiger charge is -2.16. The first-order chi connectivity index (χ1) is 8.09. The monoisotopic (exact) mass is 256 g/mol. The zero-order valence-electron chi connectivity index (χ0n) is 9.63. The fourth-order valence-electron chi connectivity index (χ4n) is 1.77. The summed E-state index contributed by atoms with van der Waals surface area (Å²) in [6.45, 7) is 3.16. The minimum Gasteiger partial charge on any atom is -0.315 e. The Hall–Kier alpha value is -1.05. The van der Waals surface area contributed by atoms with Gasteiger partial charge < -0.3 is 5.32 Å². The molecule has 1 saturated heterocycles. The summed E-state index contributed by atoms with van der Waals surface area (Å²) in [7, 11) is -3.39. The Labute approximate surface area is 101 Å². The third-order valence-corrected chi connectivity index (χ3v) is 4.69. The van der Waals surface area contributed by atoms with E-state index in [4.69, 9.17) is 0 Å². The highest BCUT2D eigenvalue weighted by atomic mass is 32.2. The van der Waals surface area contributed by atoms with E-state index >= 15 is 0 Å². The molecule has 0 spiro atoms. The fourth-order valence-corrected chi connectivity index (χ4v) is 3.08. The number of hydrogen-bond donors (Lipinski definition) is 2. The molecule has 0 aromatic carbocycles. The standard InChI is InChI=1S/C10H16N4O2S/c1-8(10-7-12-4-5-13-10)17(15,16)14-9-2-3-11-6-9/h4-5,7-9,11,14H,2-3,6H2,1H3/t8-,9+/m0/s1. The van der Waals surface area contributed by atoms with Gasteiger partial charge in [-0.3, -0.25) is 9.97 Å². The fraction of sp³-hybridized carbons (Fsp3) is 0.600. The first kappa shape index (κ1) is 12.4. The molecule has 2 atom stereocenters. The van der Waals surface area contributed by atoms with E-state index in [1.165, 1.54) is 18.6 Å². The van der Waals surface area contributed by atoms with Crippen LogP contribution in [0.3, 0.4) is 0 Å². The highest BCUT2D eigenvalue weighted by molar-refractivity contribution is 7.89. The largest absolute Gasteiger partial charge is 0.315 e. The van der Waals surface area contributed by atoms with E-state index in [2.05, 4.69) is 20.0 Å². The molecule has 0 unspecified atom stereocenters. The number of aromatic nitrogens is 2. The first-order valence-electron chi connectivity index (χ1n) is 5.57. The molecule has 7 heteroatoms. The van der Waals surface area contributed by atoms with Gasteiger partial charge in [0.15, 0.2) is 0 Å². The van der Waals surface area contributed by atoms with E-state index in [0.29, 0.717) is 12.2 Å².